The molecule has 0 spiro atoms. The highest BCUT2D eigenvalue weighted by atomic mass is 31.2. The largest absolute Gasteiger partial charge is 0.524 e. The first kappa shape index (κ1) is 53.7. The minimum Gasteiger partial charge on any atom is -0.481 e. The van der Waals surface area contributed by atoms with Gasteiger partial charge in [-0.2, -0.15) is 0 Å². The minimum atomic E-state index is -4.96. The van der Waals surface area contributed by atoms with Gasteiger partial charge in [0, 0.05) is 26.3 Å². The average molecular weight is 901 g/mol. The number of aliphatic carboxylic acids is 2. The molecule has 0 saturated heterocycles. The molecule has 0 radical (unpaired) electrons. The highest BCUT2D eigenvalue weighted by molar-refractivity contribution is 7.46. The first-order valence-electron chi connectivity index (χ1n) is 19.1. The molecule has 0 aliphatic rings. The third kappa shape index (κ3) is 20.8. The van der Waals surface area contributed by atoms with Gasteiger partial charge in [-0.05, 0) is 48.8 Å². The van der Waals surface area contributed by atoms with Gasteiger partial charge in [0.05, 0.1) is 6.42 Å². The van der Waals surface area contributed by atoms with Crippen molar-refractivity contribution >= 4 is 67.1 Å². The Bertz CT molecular complexity index is 1850. The van der Waals surface area contributed by atoms with E-state index in [1.54, 1.807) is 0 Å². The summed E-state index contributed by atoms with van der Waals surface area (Å²) >= 11 is 0. The average Bonchev–Trinajstić information content (AvgIpc) is 3.13. The van der Waals surface area contributed by atoms with E-state index in [2.05, 4.69) is 41.4 Å². The maximum atomic E-state index is 14.1. The summed E-state index contributed by atoms with van der Waals surface area (Å²) in [6, 6.07) is -4.19. The quantitative estimate of drug-likeness (QED) is 0.0179. The molecule has 62 heavy (non-hydrogen) atoms. The van der Waals surface area contributed by atoms with E-state index in [-0.39, 0.29) is 36.7 Å². The number of aliphatic imine (C=N–C) groups is 1. The van der Waals surface area contributed by atoms with Gasteiger partial charge in [-0.25, -0.2) is 9.36 Å². The van der Waals surface area contributed by atoms with Gasteiger partial charge in [-0.1, -0.05) is 39.8 Å². The summed E-state index contributed by atoms with van der Waals surface area (Å²) < 4.78 is 15.9. The first-order chi connectivity index (χ1) is 28.7. The van der Waals surface area contributed by atoms with Gasteiger partial charge in [0.1, 0.15) is 42.0 Å². The molecule has 0 aromatic heterocycles. The van der Waals surface area contributed by atoms with E-state index in [4.69, 9.17) is 17.2 Å². The number of guanidine groups is 1. The summed E-state index contributed by atoms with van der Waals surface area (Å²) in [6.07, 6.45) is -2.12. The van der Waals surface area contributed by atoms with Crippen LogP contribution in [-0.4, -0.2) is 122 Å². The molecule has 0 fully saturated rings. The number of nitrogens with one attached hydrogen (secondary N) is 6. The fraction of sp³-hybridized carbons (Fsp3) is 0.556. The summed E-state index contributed by atoms with van der Waals surface area (Å²) in [5, 5.41) is 33.3. The number of carboxylic acid groups (broad SMARTS) is 2. The van der Waals surface area contributed by atoms with Crippen LogP contribution in [0.1, 0.15) is 72.3 Å². The van der Waals surface area contributed by atoms with E-state index < -0.39 is 135 Å². The topological polar surface area (TPSA) is 423 Å². The van der Waals surface area contributed by atoms with Crippen LogP contribution in [0, 0.1) is 11.8 Å². The lowest BCUT2D eigenvalue weighted by atomic mass is 9.99. The van der Waals surface area contributed by atoms with Crippen molar-refractivity contribution in [1.82, 2.24) is 31.9 Å². The van der Waals surface area contributed by atoms with Crippen LogP contribution in [0.5, 0.6) is 5.75 Å². The van der Waals surface area contributed by atoms with Crippen molar-refractivity contribution in [2.24, 2.45) is 34.0 Å². The van der Waals surface area contributed by atoms with Crippen molar-refractivity contribution in [3.8, 4) is 5.75 Å². The molecule has 16 N–H and O–H groups in total. The van der Waals surface area contributed by atoms with Gasteiger partial charge in [0.25, 0.3) is 0 Å². The summed E-state index contributed by atoms with van der Waals surface area (Å²) in [6.45, 7) is 7.23. The molecule has 0 saturated carbocycles. The van der Waals surface area contributed by atoms with E-state index in [1.165, 1.54) is 39.8 Å². The number of hydrogen-bond donors (Lipinski definition) is 13. The highest BCUT2D eigenvalue weighted by Gasteiger charge is 2.35. The van der Waals surface area contributed by atoms with E-state index in [0.29, 0.717) is 0 Å². The fourth-order valence-electron chi connectivity index (χ4n) is 5.60. The molecule has 346 valence electrons. The lowest BCUT2D eigenvalue weighted by Crippen LogP contribution is -2.61. The maximum Gasteiger partial charge on any atom is 0.524 e. The number of rotatable bonds is 27. The zero-order chi connectivity index (χ0) is 47.5. The summed E-state index contributed by atoms with van der Waals surface area (Å²) in [5.41, 5.74) is 16.2. The molecule has 1 aromatic rings. The Morgan fingerprint density at radius 1 is 0.677 bits per heavy atom. The molecule has 0 aliphatic carbocycles. The highest BCUT2D eigenvalue weighted by Crippen LogP contribution is 2.37. The van der Waals surface area contributed by atoms with Crippen LogP contribution < -0.4 is 53.6 Å². The summed E-state index contributed by atoms with van der Waals surface area (Å²) in [5.74, 6) is -11.3. The molecular weight excluding hydrogens is 843 g/mol. The van der Waals surface area contributed by atoms with E-state index in [9.17, 15) is 67.7 Å². The van der Waals surface area contributed by atoms with E-state index in [0.717, 1.165) is 19.1 Å². The van der Waals surface area contributed by atoms with Crippen LogP contribution >= 0.6 is 7.82 Å². The molecule has 26 heteroatoms. The van der Waals surface area contributed by atoms with Crippen molar-refractivity contribution in [2.45, 2.75) is 109 Å². The van der Waals surface area contributed by atoms with Crippen LogP contribution in [-0.2, 0) is 54.1 Å². The molecule has 0 aliphatic heterocycles. The Morgan fingerprint density at radius 2 is 1.16 bits per heavy atom. The second-order valence-electron chi connectivity index (χ2n) is 14.7. The van der Waals surface area contributed by atoms with Crippen LogP contribution in [0.25, 0.3) is 0 Å². The number of nitrogens with zero attached hydrogens (tertiary/aromatic N) is 1. The van der Waals surface area contributed by atoms with E-state index in [1.807, 2.05) is 0 Å². The predicted molar refractivity (Wildman–Crippen MR) is 218 cm³/mol. The number of phosphoric ester groups is 1. The third-order valence-corrected chi connectivity index (χ3v) is 9.10. The Morgan fingerprint density at radius 3 is 1.63 bits per heavy atom. The molecule has 0 heterocycles. The lowest BCUT2D eigenvalue weighted by molar-refractivity contribution is -0.143. The fourth-order valence-corrected chi connectivity index (χ4v) is 5.99. The monoisotopic (exact) mass is 900 g/mol. The number of benzene rings is 1. The Kier molecular flexibility index (Phi) is 22.0. The van der Waals surface area contributed by atoms with Gasteiger partial charge in [0.15, 0.2) is 5.96 Å². The molecule has 7 amide bonds. The molecular formula is C36H57N10O15P. The normalized spacial score (nSPS) is 14.1. The lowest BCUT2D eigenvalue weighted by Gasteiger charge is -2.29. The summed E-state index contributed by atoms with van der Waals surface area (Å²) in [4.78, 5) is 137. The van der Waals surface area contributed by atoms with Gasteiger partial charge in [0.2, 0.25) is 41.4 Å². The van der Waals surface area contributed by atoms with Crippen LogP contribution in [0.3, 0.4) is 0 Å². The SMILES string of the molecule is CC(=O)N[C@@H](CCCN=C(N)N)C(=O)N[C@@H](CCC(=O)O)C(=O)N[C@@H](Cc1ccc(OP(=O)(O)O)cc1)C(=O)N[C@H](C(=O)N[C@@H](CC(N)=O)C(=O)N[C@H](C(=O)O)C(C)C)C(C)C. The molecule has 0 unspecified atom stereocenters. The van der Waals surface area contributed by atoms with Crippen molar-refractivity contribution < 1.29 is 72.2 Å². The first-order valence-corrected chi connectivity index (χ1v) is 20.6. The zero-order valence-electron chi connectivity index (χ0n) is 34.8. The molecule has 0 bridgehead atoms. The number of nitrogens with two attached hydrogens (primary N) is 3. The van der Waals surface area contributed by atoms with Crippen LogP contribution in [0.4, 0.5) is 0 Å². The van der Waals surface area contributed by atoms with Crippen molar-refractivity contribution in [3.63, 3.8) is 0 Å². The van der Waals surface area contributed by atoms with E-state index >= 15 is 0 Å². The molecule has 1 rings (SSSR count). The van der Waals surface area contributed by atoms with Crippen molar-refractivity contribution in [3.05, 3.63) is 29.8 Å². The minimum absolute atomic E-state index is 0.0132. The number of amides is 7. The standard InChI is InChI=1S/C36H57N10O15P/c1-17(2)28(34(55)44-25(16-26(37)48)33(54)46-29(18(3)4)35(56)57)45-32(53)24(15-20-8-10-21(11-9-20)61-62(58,59)60)43-31(52)23(12-13-27(49)50)42-30(51)22(41-19(5)47)7-6-14-40-36(38)39/h8-11,17-18,22-25,28-29H,6-7,12-16H2,1-5H3,(H2,37,48)(H,41,47)(H,42,51)(H,43,52)(H,44,55)(H,45,53)(H,46,54)(H,49,50)(H,56,57)(H4,38,39,40)(H2,58,59,60)/t22-,23-,24-,25-,28-,29-/m0/s1. The summed E-state index contributed by atoms with van der Waals surface area (Å²) in [7, 11) is -4.96. The number of carbonyl (C=O) groups is 9. The predicted octanol–water partition coefficient (Wildman–Crippen LogP) is -3.18. The second-order valence-corrected chi connectivity index (χ2v) is 15.9. The van der Waals surface area contributed by atoms with Crippen LogP contribution in [0.15, 0.2) is 29.3 Å². The zero-order valence-corrected chi connectivity index (χ0v) is 35.7. The number of primary amides is 1. The molecule has 1 aromatic carbocycles. The number of phosphoric acid groups is 1. The van der Waals surface area contributed by atoms with Crippen LogP contribution in [0.2, 0.25) is 0 Å². The van der Waals surface area contributed by atoms with Gasteiger partial charge in [-0.3, -0.25) is 53.1 Å². The number of carboxylic acids is 2. The Balaban J connectivity index is 3.59. The Labute approximate surface area is 356 Å². The molecule has 6 atom stereocenters. The maximum absolute atomic E-state index is 14.1. The van der Waals surface area contributed by atoms with Crippen molar-refractivity contribution in [1.29, 1.82) is 0 Å². The van der Waals surface area contributed by atoms with Gasteiger partial charge in [-0.15, -0.1) is 0 Å². The number of hydrogen-bond acceptors (Lipinski definition) is 12. The van der Waals surface area contributed by atoms with Crippen molar-refractivity contribution in [2.75, 3.05) is 6.54 Å². The second kappa shape index (κ2) is 25.4. The smallest absolute Gasteiger partial charge is 0.481 e. The Hall–Kier alpha value is -6.33. The van der Waals surface area contributed by atoms with Gasteiger partial charge >= 0.3 is 19.8 Å². The molecule has 25 nitrogen and oxygen atoms in total. The van der Waals surface area contributed by atoms with Gasteiger partial charge < -0.3 is 63.8 Å². The number of carbonyl (C=O) groups excluding carboxylic acids is 7. The third-order valence-electron chi connectivity index (χ3n) is 8.66.